The molecule has 0 radical (unpaired) electrons. The van der Waals surface area contributed by atoms with Crippen molar-refractivity contribution in [1.29, 1.82) is 0 Å². The summed E-state index contributed by atoms with van der Waals surface area (Å²) in [6.45, 7) is 4.33. The molecule has 0 heterocycles. The summed E-state index contributed by atoms with van der Waals surface area (Å²) in [7, 11) is 1.69. The van der Waals surface area contributed by atoms with Crippen molar-refractivity contribution in [2.45, 2.75) is 32.4 Å². The summed E-state index contributed by atoms with van der Waals surface area (Å²) in [5.41, 5.74) is 2.43. The molecule has 0 fully saturated rings. The maximum atomic E-state index is 9.31. The molecule has 0 saturated carbocycles. The molecule has 0 aliphatic heterocycles. The minimum Gasteiger partial charge on any atom is -0.508 e. The first kappa shape index (κ1) is 15.4. The highest BCUT2D eigenvalue weighted by molar-refractivity contribution is 5.30. The van der Waals surface area contributed by atoms with Crippen molar-refractivity contribution < 1.29 is 9.84 Å². The highest BCUT2D eigenvalue weighted by Crippen LogP contribution is 2.20. The molecule has 0 saturated heterocycles. The Kier molecular flexibility index (Phi) is 5.23. The largest absolute Gasteiger partial charge is 0.508 e. The zero-order valence-corrected chi connectivity index (χ0v) is 12.8. The minimum absolute atomic E-state index is 0.257. The van der Waals surface area contributed by atoms with Gasteiger partial charge in [0.25, 0.3) is 0 Å². The molecule has 2 N–H and O–H groups in total. The van der Waals surface area contributed by atoms with Gasteiger partial charge in [0.1, 0.15) is 11.5 Å². The third-order valence-corrected chi connectivity index (χ3v) is 3.61. The normalized spacial score (nSPS) is 13.7. The maximum Gasteiger partial charge on any atom is 0.119 e. The summed E-state index contributed by atoms with van der Waals surface area (Å²) < 4.78 is 5.27. The molecule has 0 aromatic heterocycles. The van der Waals surface area contributed by atoms with Crippen LogP contribution in [0, 0.1) is 0 Å². The molecule has 2 aromatic rings. The molecule has 112 valence electrons. The first-order chi connectivity index (χ1) is 10.1. The van der Waals surface area contributed by atoms with Crippen molar-refractivity contribution in [2.24, 2.45) is 0 Å². The number of rotatable bonds is 6. The number of phenolic OH excluding ortho intramolecular Hbond substituents is 1. The second-order valence-corrected chi connectivity index (χ2v) is 5.44. The molecule has 2 rings (SSSR count). The number of methoxy groups -OCH3 is 1. The lowest BCUT2D eigenvalue weighted by Crippen LogP contribution is -2.30. The smallest absolute Gasteiger partial charge is 0.119 e. The Morgan fingerprint density at radius 2 is 1.81 bits per heavy atom. The van der Waals surface area contributed by atoms with Crippen molar-refractivity contribution in [3.05, 3.63) is 59.7 Å². The highest BCUT2D eigenvalue weighted by atomic mass is 16.5. The molecule has 0 aliphatic carbocycles. The molecule has 0 amide bonds. The van der Waals surface area contributed by atoms with Gasteiger partial charge in [-0.05, 0) is 55.7 Å². The van der Waals surface area contributed by atoms with Crippen LogP contribution in [0.3, 0.4) is 0 Å². The summed E-state index contributed by atoms with van der Waals surface area (Å²) in [5.74, 6) is 1.19. The van der Waals surface area contributed by atoms with E-state index in [0.29, 0.717) is 11.8 Å². The molecule has 3 nitrogen and oxygen atoms in total. The van der Waals surface area contributed by atoms with Crippen LogP contribution >= 0.6 is 0 Å². The van der Waals surface area contributed by atoms with Gasteiger partial charge in [-0.15, -0.1) is 0 Å². The minimum atomic E-state index is 0.257. The van der Waals surface area contributed by atoms with Gasteiger partial charge in [0.05, 0.1) is 7.11 Å². The Bertz CT molecular complexity index is 566. The molecule has 0 spiro atoms. The monoisotopic (exact) mass is 285 g/mol. The molecule has 3 heteroatoms. The second-order valence-electron chi connectivity index (χ2n) is 5.44. The van der Waals surface area contributed by atoms with E-state index in [1.165, 1.54) is 11.1 Å². The van der Waals surface area contributed by atoms with Crippen LogP contribution < -0.4 is 10.1 Å². The van der Waals surface area contributed by atoms with Gasteiger partial charge in [-0.25, -0.2) is 0 Å². The first-order valence-electron chi connectivity index (χ1n) is 7.26. The summed E-state index contributed by atoms with van der Waals surface area (Å²) >= 11 is 0. The summed E-state index contributed by atoms with van der Waals surface area (Å²) in [5, 5.41) is 12.9. The summed E-state index contributed by atoms with van der Waals surface area (Å²) in [6.07, 6.45) is 0.925. The topological polar surface area (TPSA) is 41.5 Å². The standard InChI is InChI=1S/C18H23NO2/c1-13(11-15-7-9-17(20)10-8-15)19-14(2)16-5-4-6-18(12-16)21-3/h4-10,12-14,19-20H,11H2,1-3H3/t13?,14-/m0/s1. The first-order valence-corrected chi connectivity index (χ1v) is 7.26. The van der Waals surface area contributed by atoms with Crippen LogP contribution in [-0.2, 0) is 6.42 Å². The van der Waals surface area contributed by atoms with Crippen molar-refractivity contribution >= 4 is 0 Å². The summed E-state index contributed by atoms with van der Waals surface area (Å²) in [6, 6.07) is 16.1. The van der Waals surface area contributed by atoms with Gasteiger partial charge in [0.15, 0.2) is 0 Å². The van der Waals surface area contributed by atoms with Gasteiger partial charge in [-0.1, -0.05) is 24.3 Å². The van der Waals surface area contributed by atoms with Crippen LogP contribution in [0.1, 0.15) is 31.0 Å². The maximum absolute atomic E-state index is 9.31. The van der Waals surface area contributed by atoms with Gasteiger partial charge in [0, 0.05) is 12.1 Å². The lowest BCUT2D eigenvalue weighted by atomic mass is 10.0. The third kappa shape index (κ3) is 4.50. The van der Waals surface area contributed by atoms with Gasteiger partial charge < -0.3 is 15.2 Å². The van der Waals surface area contributed by atoms with Gasteiger partial charge >= 0.3 is 0 Å². The van der Waals surface area contributed by atoms with Crippen molar-refractivity contribution in [1.82, 2.24) is 5.32 Å². The van der Waals surface area contributed by atoms with E-state index in [4.69, 9.17) is 4.74 Å². The predicted molar refractivity (Wildman–Crippen MR) is 85.8 cm³/mol. The number of nitrogens with one attached hydrogen (secondary N) is 1. The molecule has 2 aromatic carbocycles. The van der Waals surface area contributed by atoms with Crippen LogP contribution in [0.5, 0.6) is 11.5 Å². The van der Waals surface area contributed by atoms with E-state index < -0.39 is 0 Å². The predicted octanol–water partition coefficient (Wildman–Crippen LogP) is 3.68. The quantitative estimate of drug-likeness (QED) is 0.850. The SMILES string of the molecule is COc1cccc([C@H](C)NC(C)Cc2ccc(O)cc2)c1. The van der Waals surface area contributed by atoms with Gasteiger partial charge in [-0.2, -0.15) is 0 Å². The third-order valence-electron chi connectivity index (χ3n) is 3.61. The Hall–Kier alpha value is -2.00. The Balaban J connectivity index is 1.94. The van der Waals surface area contributed by atoms with Crippen molar-refractivity contribution in [3.63, 3.8) is 0 Å². The molecule has 21 heavy (non-hydrogen) atoms. The van der Waals surface area contributed by atoms with E-state index >= 15 is 0 Å². The van der Waals surface area contributed by atoms with Crippen molar-refractivity contribution in [2.75, 3.05) is 7.11 Å². The van der Waals surface area contributed by atoms with Crippen LogP contribution in [-0.4, -0.2) is 18.3 Å². The van der Waals surface area contributed by atoms with E-state index in [0.717, 1.165) is 12.2 Å². The van der Waals surface area contributed by atoms with E-state index in [1.807, 2.05) is 24.3 Å². The average molecular weight is 285 g/mol. The zero-order valence-electron chi connectivity index (χ0n) is 12.8. The molecule has 2 atom stereocenters. The number of hydrogen-bond donors (Lipinski definition) is 2. The number of benzene rings is 2. The number of aromatic hydroxyl groups is 1. The highest BCUT2D eigenvalue weighted by Gasteiger charge is 2.10. The molecular weight excluding hydrogens is 262 g/mol. The molecule has 1 unspecified atom stereocenters. The Morgan fingerprint density at radius 3 is 2.48 bits per heavy atom. The fraction of sp³-hybridized carbons (Fsp3) is 0.333. The lowest BCUT2D eigenvalue weighted by molar-refractivity contribution is 0.412. The zero-order chi connectivity index (χ0) is 15.2. The van der Waals surface area contributed by atoms with E-state index in [2.05, 4.69) is 31.3 Å². The van der Waals surface area contributed by atoms with Crippen molar-refractivity contribution in [3.8, 4) is 11.5 Å². The number of hydrogen-bond acceptors (Lipinski definition) is 3. The van der Waals surface area contributed by atoms with Crippen LogP contribution in [0.2, 0.25) is 0 Å². The van der Waals surface area contributed by atoms with E-state index in [1.54, 1.807) is 19.2 Å². The van der Waals surface area contributed by atoms with E-state index in [-0.39, 0.29) is 6.04 Å². The Morgan fingerprint density at radius 1 is 1.10 bits per heavy atom. The second kappa shape index (κ2) is 7.14. The number of ether oxygens (including phenoxy) is 1. The van der Waals surface area contributed by atoms with Crippen LogP contribution in [0.4, 0.5) is 0 Å². The number of phenols is 1. The van der Waals surface area contributed by atoms with E-state index in [9.17, 15) is 5.11 Å². The van der Waals surface area contributed by atoms with Crippen LogP contribution in [0.15, 0.2) is 48.5 Å². The van der Waals surface area contributed by atoms with Gasteiger partial charge in [0.2, 0.25) is 0 Å². The van der Waals surface area contributed by atoms with Crippen LogP contribution in [0.25, 0.3) is 0 Å². The molecular formula is C18H23NO2. The lowest BCUT2D eigenvalue weighted by Gasteiger charge is -2.21. The molecule has 0 bridgehead atoms. The molecule has 0 aliphatic rings. The fourth-order valence-corrected chi connectivity index (χ4v) is 2.48. The summed E-state index contributed by atoms with van der Waals surface area (Å²) in [4.78, 5) is 0. The average Bonchev–Trinajstić information content (AvgIpc) is 2.49. The fourth-order valence-electron chi connectivity index (χ4n) is 2.48. The Labute approximate surface area is 126 Å². The van der Waals surface area contributed by atoms with Gasteiger partial charge in [-0.3, -0.25) is 0 Å².